The average molecular weight is 354 g/mol. The van der Waals surface area contributed by atoms with Gasteiger partial charge >= 0.3 is 0 Å². The Morgan fingerprint density at radius 3 is 2.81 bits per heavy atom. The topological polar surface area (TPSA) is 30.5 Å². The summed E-state index contributed by atoms with van der Waals surface area (Å²) in [5.74, 6) is 2.53. The van der Waals surface area contributed by atoms with Crippen LogP contribution < -0.4 is 14.8 Å². The van der Waals surface area contributed by atoms with Gasteiger partial charge in [-0.1, -0.05) is 26.2 Å². The third-order valence-electron chi connectivity index (χ3n) is 4.71. The molecule has 1 unspecified atom stereocenters. The minimum Gasteiger partial charge on any atom is -0.454 e. The van der Waals surface area contributed by atoms with Gasteiger partial charge in [0.2, 0.25) is 6.79 Å². The summed E-state index contributed by atoms with van der Waals surface area (Å²) in [6.07, 6.45) is 8.20. The molecule has 21 heavy (non-hydrogen) atoms. The van der Waals surface area contributed by atoms with E-state index in [9.17, 15) is 0 Å². The maximum absolute atomic E-state index is 5.49. The molecule has 0 radical (unpaired) electrons. The Kier molecular flexibility index (Phi) is 5.07. The molecule has 2 aliphatic rings. The van der Waals surface area contributed by atoms with Crippen molar-refractivity contribution in [2.75, 3.05) is 6.79 Å². The smallest absolute Gasteiger partial charge is 0.231 e. The first kappa shape index (κ1) is 15.2. The van der Waals surface area contributed by atoms with Crippen molar-refractivity contribution >= 4 is 15.9 Å². The Bertz CT molecular complexity index is 486. The van der Waals surface area contributed by atoms with Crippen LogP contribution in [0.4, 0.5) is 0 Å². The number of hydrogen-bond acceptors (Lipinski definition) is 3. The highest BCUT2D eigenvalue weighted by Gasteiger charge is 2.22. The zero-order chi connectivity index (χ0) is 14.7. The molecule has 1 aliphatic heterocycles. The van der Waals surface area contributed by atoms with Crippen LogP contribution in [0.2, 0.25) is 0 Å². The first-order chi connectivity index (χ1) is 10.3. The molecule has 3 rings (SSSR count). The Morgan fingerprint density at radius 2 is 2.05 bits per heavy atom. The quantitative estimate of drug-likeness (QED) is 0.837. The first-order valence-corrected chi connectivity index (χ1v) is 8.88. The molecule has 0 spiro atoms. The third-order valence-corrected chi connectivity index (χ3v) is 5.30. The minimum absolute atomic E-state index is 0.324. The number of rotatable bonds is 5. The second-order valence-electron chi connectivity index (χ2n) is 6.11. The molecule has 1 atom stereocenters. The fourth-order valence-electron chi connectivity index (χ4n) is 3.55. The van der Waals surface area contributed by atoms with Crippen LogP contribution in [0, 0.1) is 5.92 Å². The van der Waals surface area contributed by atoms with Crippen molar-refractivity contribution in [1.29, 1.82) is 0 Å². The van der Waals surface area contributed by atoms with Crippen LogP contribution in [-0.4, -0.2) is 12.8 Å². The van der Waals surface area contributed by atoms with Crippen molar-refractivity contribution in [3.05, 3.63) is 22.2 Å². The van der Waals surface area contributed by atoms with Crippen molar-refractivity contribution < 1.29 is 9.47 Å². The van der Waals surface area contributed by atoms with E-state index in [2.05, 4.69) is 40.3 Å². The lowest BCUT2D eigenvalue weighted by atomic mass is 9.83. The molecule has 0 saturated heterocycles. The van der Waals surface area contributed by atoms with Gasteiger partial charge in [-0.2, -0.15) is 0 Å². The molecule has 3 nitrogen and oxygen atoms in total. The summed E-state index contributed by atoms with van der Waals surface area (Å²) in [5.41, 5.74) is 1.25. The van der Waals surface area contributed by atoms with E-state index in [1.165, 1.54) is 44.1 Å². The van der Waals surface area contributed by atoms with Crippen LogP contribution in [0.1, 0.15) is 51.0 Å². The molecule has 0 bridgehead atoms. The number of halogens is 1. The van der Waals surface area contributed by atoms with Gasteiger partial charge in [-0.15, -0.1) is 0 Å². The van der Waals surface area contributed by atoms with E-state index in [1.807, 2.05) is 0 Å². The molecule has 1 aliphatic carbocycles. The van der Waals surface area contributed by atoms with Crippen LogP contribution in [0.3, 0.4) is 0 Å². The Balaban J connectivity index is 1.62. The molecule has 1 aromatic carbocycles. The lowest BCUT2D eigenvalue weighted by Gasteiger charge is -2.30. The van der Waals surface area contributed by atoms with Crippen LogP contribution in [0.15, 0.2) is 16.6 Å². The SMILES string of the molecule is CCC(NCc1cc(Br)c2c(c1)OCO2)C1CCCCC1. The van der Waals surface area contributed by atoms with Gasteiger partial charge in [0.15, 0.2) is 11.5 Å². The maximum atomic E-state index is 5.49. The number of fused-ring (bicyclic) bond motifs is 1. The van der Waals surface area contributed by atoms with Crippen LogP contribution in [-0.2, 0) is 6.54 Å². The van der Waals surface area contributed by atoms with Crippen LogP contribution >= 0.6 is 15.9 Å². The number of nitrogens with one attached hydrogen (secondary N) is 1. The van der Waals surface area contributed by atoms with E-state index in [0.717, 1.165) is 28.4 Å². The van der Waals surface area contributed by atoms with E-state index >= 15 is 0 Å². The fourth-order valence-corrected chi connectivity index (χ4v) is 4.16. The highest BCUT2D eigenvalue weighted by atomic mass is 79.9. The van der Waals surface area contributed by atoms with Gasteiger partial charge in [0.1, 0.15) is 0 Å². The molecule has 1 aromatic rings. The summed E-state index contributed by atoms with van der Waals surface area (Å²) < 4.78 is 11.9. The first-order valence-electron chi connectivity index (χ1n) is 8.09. The molecule has 1 N–H and O–H groups in total. The molecular weight excluding hydrogens is 330 g/mol. The van der Waals surface area contributed by atoms with Gasteiger partial charge in [-0.05, 0) is 58.8 Å². The standard InChI is InChI=1S/C17H24BrNO2/c1-2-15(13-6-4-3-5-7-13)19-10-12-8-14(18)17-16(9-12)20-11-21-17/h8-9,13,15,19H,2-7,10-11H2,1H3. The Hall–Kier alpha value is -0.740. The molecule has 1 fully saturated rings. The minimum atomic E-state index is 0.324. The normalized spacial score (nSPS) is 19.7. The van der Waals surface area contributed by atoms with E-state index in [0.29, 0.717) is 12.8 Å². The van der Waals surface area contributed by atoms with E-state index < -0.39 is 0 Å². The Labute approximate surface area is 135 Å². The van der Waals surface area contributed by atoms with Gasteiger partial charge in [0.25, 0.3) is 0 Å². The number of hydrogen-bond donors (Lipinski definition) is 1. The molecule has 0 aromatic heterocycles. The zero-order valence-electron chi connectivity index (χ0n) is 12.7. The monoisotopic (exact) mass is 353 g/mol. The summed E-state index contributed by atoms with van der Waals surface area (Å²) in [6.45, 7) is 3.51. The highest BCUT2D eigenvalue weighted by molar-refractivity contribution is 9.10. The van der Waals surface area contributed by atoms with Crippen LogP contribution in [0.25, 0.3) is 0 Å². The summed E-state index contributed by atoms with van der Waals surface area (Å²) >= 11 is 3.57. The third kappa shape index (κ3) is 3.54. The summed E-state index contributed by atoms with van der Waals surface area (Å²) in [4.78, 5) is 0. The Morgan fingerprint density at radius 1 is 1.24 bits per heavy atom. The van der Waals surface area contributed by atoms with Crippen LogP contribution in [0.5, 0.6) is 11.5 Å². The average Bonchev–Trinajstić information content (AvgIpc) is 2.98. The van der Waals surface area contributed by atoms with Crippen molar-refractivity contribution in [2.24, 2.45) is 5.92 Å². The van der Waals surface area contributed by atoms with Crippen molar-refractivity contribution in [3.63, 3.8) is 0 Å². The van der Waals surface area contributed by atoms with Gasteiger partial charge in [-0.25, -0.2) is 0 Å². The van der Waals surface area contributed by atoms with Crippen molar-refractivity contribution in [2.45, 2.75) is 58.0 Å². The van der Waals surface area contributed by atoms with Gasteiger partial charge in [-0.3, -0.25) is 0 Å². The summed E-state index contributed by atoms with van der Waals surface area (Å²) in [5, 5.41) is 3.76. The second kappa shape index (κ2) is 7.01. The highest BCUT2D eigenvalue weighted by Crippen LogP contribution is 2.40. The summed E-state index contributed by atoms with van der Waals surface area (Å²) in [6, 6.07) is 4.86. The largest absolute Gasteiger partial charge is 0.454 e. The summed E-state index contributed by atoms with van der Waals surface area (Å²) in [7, 11) is 0. The van der Waals surface area contributed by atoms with Gasteiger partial charge in [0.05, 0.1) is 4.47 Å². The molecule has 0 amide bonds. The zero-order valence-corrected chi connectivity index (χ0v) is 14.2. The van der Waals surface area contributed by atoms with E-state index in [-0.39, 0.29) is 0 Å². The molecule has 4 heteroatoms. The molecular formula is C17H24BrNO2. The van der Waals surface area contributed by atoms with Gasteiger partial charge in [0, 0.05) is 12.6 Å². The predicted octanol–water partition coefficient (Wildman–Crippen LogP) is 4.63. The van der Waals surface area contributed by atoms with Gasteiger partial charge < -0.3 is 14.8 Å². The predicted molar refractivity (Wildman–Crippen MR) is 87.8 cm³/mol. The maximum Gasteiger partial charge on any atom is 0.231 e. The number of ether oxygens (including phenoxy) is 2. The second-order valence-corrected chi connectivity index (χ2v) is 6.96. The molecule has 116 valence electrons. The molecule has 1 saturated carbocycles. The van der Waals surface area contributed by atoms with E-state index in [4.69, 9.17) is 9.47 Å². The van der Waals surface area contributed by atoms with E-state index in [1.54, 1.807) is 0 Å². The fraction of sp³-hybridized carbons (Fsp3) is 0.647. The van der Waals surface area contributed by atoms with Crippen molar-refractivity contribution in [1.82, 2.24) is 5.32 Å². The lowest BCUT2D eigenvalue weighted by molar-refractivity contribution is 0.173. The number of benzene rings is 1. The lowest BCUT2D eigenvalue weighted by Crippen LogP contribution is -2.36. The molecule has 1 heterocycles. The van der Waals surface area contributed by atoms with Crippen molar-refractivity contribution in [3.8, 4) is 11.5 Å².